The third-order valence-electron chi connectivity index (χ3n) is 5.34. The molecule has 1 aliphatic rings. The van der Waals surface area contributed by atoms with Crippen LogP contribution in [0.4, 0.5) is 15.8 Å². The highest BCUT2D eigenvalue weighted by molar-refractivity contribution is 5.93. The quantitative estimate of drug-likeness (QED) is 0.819. The van der Waals surface area contributed by atoms with Crippen LogP contribution >= 0.6 is 0 Å². The Balaban J connectivity index is 1.55. The molecule has 4 nitrogen and oxygen atoms in total. The zero-order valence-corrected chi connectivity index (χ0v) is 16.2. The van der Waals surface area contributed by atoms with Crippen molar-refractivity contribution in [2.24, 2.45) is 0 Å². The molecule has 1 amide bonds. The van der Waals surface area contributed by atoms with E-state index in [1.54, 1.807) is 0 Å². The molecule has 0 radical (unpaired) electrons. The van der Waals surface area contributed by atoms with Gasteiger partial charge >= 0.3 is 0 Å². The molecule has 1 saturated heterocycles. The van der Waals surface area contributed by atoms with Crippen LogP contribution in [0.3, 0.4) is 0 Å². The first kappa shape index (κ1) is 19.4. The van der Waals surface area contributed by atoms with Gasteiger partial charge in [-0.2, -0.15) is 0 Å². The molecule has 0 spiro atoms. The number of hydrogen-bond acceptors (Lipinski definition) is 2. The molecule has 5 heteroatoms. The molecule has 0 bridgehead atoms. The minimum Gasteiger partial charge on any atom is -0.360 e. The summed E-state index contributed by atoms with van der Waals surface area (Å²) in [7, 11) is 0. The number of aryl methyl sites for hydroxylation is 2. The predicted molar refractivity (Wildman–Crippen MR) is 108 cm³/mol. The monoisotopic (exact) mass is 370 g/mol. The first-order chi connectivity index (χ1) is 13.1. The highest BCUT2D eigenvalue weighted by atomic mass is 19.1. The number of anilines is 2. The van der Waals surface area contributed by atoms with Gasteiger partial charge in [0.2, 0.25) is 0 Å². The molecule has 2 aromatic carbocycles. The van der Waals surface area contributed by atoms with E-state index in [1.807, 2.05) is 12.1 Å². The van der Waals surface area contributed by atoms with Gasteiger partial charge in [-0.15, -0.1) is 0 Å². The fraction of sp³-hybridized carbons (Fsp3) is 0.409. The van der Waals surface area contributed by atoms with Crippen molar-refractivity contribution in [2.45, 2.75) is 26.7 Å². The van der Waals surface area contributed by atoms with Crippen LogP contribution in [0.5, 0.6) is 0 Å². The van der Waals surface area contributed by atoms with E-state index in [4.69, 9.17) is 0 Å². The molecular formula is C22H29FN3O+. The van der Waals surface area contributed by atoms with Crippen molar-refractivity contribution in [3.8, 4) is 0 Å². The number of amides is 1. The highest BCUT2D eigenvalue weighted by Crippen LogP contribution is 2.22. The van der Waals surface area contributed by atoms with Gasteiger partial charge in [-0.3, -0.25) is 4.79 Å². The van der Waals surface area contributed by atoms with Crippen LogP contribution in [0.15, 0.2) is 42.5 Å². The molecule has 27 heavy (non-hydrogen) atoms. The predicted octanol–water partition coefficient (Wildman–Crippen LogP) is 2.29. The van der Waals surface area contributed by atoms with Crippen LogP contribution in [0.1, 0.15) is 25.0 Å². The Morgan fingerprint density at radius 1 is 1.04 bits per heavy atom. The lowest BCUT2D eigenvalue weighted by Gasteiger charge is -2.33. The van der Waals surface area contributed by atoms with E-state index < -0.39 is 0 Å². The number of halogens is 1. The number of quaternary nitrogens is 1. The van der Waals surface area contributed by atoms with Crippen LogP contribution < -0.4 is 15.1 Å². The van der Waals surface area contributed by atoms with Crippen LogP contribution in [-0.2, 0) is 17.6 Å². The summed E-state index contributed by atoms with van der Waals surface area (Å²) in [6, 6.07) is 12.9. The second-order valence-electron chi connectivity index (χ2n) is 7.10. The number of carbonyl (C=O) groups excluding carboxylic acids is 1. The third kappa shape index (κ3) is 4.86. The van der Waals surface area contributed by atoms with Crippen molar-refractivity contribution in [2.75, 3.05) is 42.9 Å². The van der Waals surface area contributed by atoms with Crippen molar-refractivity contribution in [1.82, 2.24) is 0 Å². The lowest BCUT2D eigenvalue weighted by molar-refractivity contribution is -0.892. The Morgan fingerprint density at radius 2 is 1.63 bits per heavy atom. The minimum atomic E-state index is -0.210. The molecule has 3 rings (SSSR count). The number of carbonyl (C=O) groups is 1. The maximum Gasteiger partial charge on any atom is 0.279 e. The van der Waals surface area contributed by atoms with Crippen LogP contribution in [0, 0.1) is 5.82 Å². The number of benzene rings is 2. The van der Waals surface area contributed by atoms with Crippen LogP contribution in [-0.4, -0.2) is 38.6 Å². The minimum absolute atomic E-state index is 0.0795. The smallest absolute Gasteiger partial charge is 0.279 e. The molecule has 1 fully saturated rings. The van der Waals surface area contributed by atoms with Crippen molar-refractivity contribution in [3.05, 3.63) is 59.4 Å². The van der Waals surface area contributed by atoms with E-state index in [0.717, 1.165) is 50.4 Å². The molecule has 0 atom stereocenters. The van der Waals surface area contributed by atoms with Gasteiger partial charge in [-0.05, 0) is 48.2 Å². The van der Waals surface area contributed by atoms with Gasteiger partial charge < -0.3 is 15.1 Å². The first-order valence-electron chi connectivity index (χ1n) is 9.85. The Morgan fingerprint density at radius 3 is 2.19 bits per heavy atom. The van der Waals surface area contributed by atoms with E-state index in [-0.39, 0.29) is 11.7 Å². The van der Waals surface area contributed by atoms with E-state index in [2.05, 4.69) is 42.3 Å². The normalized spacial score (nSPS) is 15.0. The Kier molecular flexibility index (Phi) is 6.45. The third-order valence-corrected chi connectivity index (χ3v) is 5.34. The number of hydrogen-bond donors (Lipinski definition) is 2. The van der Waals surface area contributed by atoms with Gasteiger partial charge in [-0.25, -0.2) is 4.39 Å². The van der Waals surface area contributed by atoms with Crippen molar-refractivity contribution in [3.63, 3.8) is 0 Å². The summed E-state index contributed by atoms with van der Waals surface area (Å²) in [5.41, 5.74) is 4.43. The maximum absolute atomic E-state index is 13.1. The van der Waals surface area contributed by atoms with Gasteiger partial charge in [0.15, 0.2) is 6.54 Å². The zero-order chi connectivity index (χ0) is 19.2. The van der Waals surface area contributed by atoms with Gasteiger partial charge in [0.25, 0.3) is 5.91 Å². The summed E-state index contributed by atoms with van der Waals surface area (Å²) in [5.74, 6) is -0.130. The molecular weight excluding hydrogens is 341 g/mol. The standard InChI is InChI=1S/C22H28FN3O/c1-3-17-6-5-7-18(4-2)22(17)24-21(27)16-25-12-14-26(15-13-25)20-10-8-19(23)9-11-20/h5-11H,3-4,12-16H2,1-2H3,(H,24,27)/p+1. The summed E-state index contributed by atoms with van der Waals surface area (Å²) in [4.78, 5) is 16.2. The number of piperazine rings is 1. The molecule has 0 saturated carbocycles. The van der Waals surface area contributed by atoms with E-state index in [0.29, 0.717) is 6.54 Å². The number of nitrogens with zero attached hydrogens (tertiary/aromatic N) is 1. The summed E-state index contributed by atoms with van der Waals surface area (Å²) < 4.78 is 13.1. The average molecular weight is 370 g/mol. The fourth-order valence-corrected chi connectivity index (χ4v) is 3.72. The molecule has 2 aromatic rings. The van der Waals surface area contributed by atoms with Crippen LogP contribution in [0.25, 0.3) is 0 Å². The van der Waals surface area contributed by atoms with E-state index in [1.165, 1.54) is 28.2 Å². The maximum atomic E-state index is 13.1. The molecule has 1 aliphatic heterocycles. The van der Waals surface area contributed by atoms with Gasteiger partial charge in [-0.1, -0.05) is 32.0 Å². The molecule has 0 aromatic heterocycles. The number of para-hydroxylation sites is 1. The number of nitrogens with one attached hydrogen (secondary N) is 2. The zero-order valence-electron chi connectivity index (χ0n) is 16.2. The Labute approximate surface area is 161 Å². The Bertz CT molecular complexity index is 745. The molecule has 0 unspecified atom stereocenters. The Hall–Kier alpha value is -2.40. The van der Waals surface area contributed by atoms with Crippen molar-refractivity contribution < 1.29 is 14.1 Å². The van der Waals surface area contributed by atoms with E-state index >= 15 is 0 Å². The average Bonchev–Trinajstić information content (AvgIpc) is 2.69. The summed E-state index contributed by atoms with van der Waals surface area (Å²) in [6.07, 6.45) is 1.82. The SMILES string of the molecule is CCc1cccc(CC)c1NC(=O)C[NH+]1CCN(c2ccc(F)cc2)CC1. The molecule has 1 heterocycles. The van der Waals surface area contributed by atoms with Crippen molar-refractivity contribution >= 4 is 17.3 Å². The second-order valence-corrected chi connectivity index (χ2v) is 7.10. The fourth-order valence-electron chi connectivity index (χ4n) is 3.72. The second kappa shape index (κ2) is 9.00. The van der Waals surface area contributed by atoms with Gasteiger partial charge in [0, 0.05) is 11.4 Å². The molecule has 144 valence electrons. The lowest BCUT2D eigenvalue weighted by Crippen LogP contribution is -3.15. The number of rotatable bonds is 6. The van der Waals surface area contributed by atoms with Crippen LogP contribution in [0.2, 0.25) is 0 Å². The van der Waals surface area contributed by atoms with Gasteiger partial charge in [0.05, 0.1) is 26.2 Å². The summed E-state index contributed by atoms with van der Waals surface area (Å²) in [5, 5.41) is 3.16. The topological polar surface area (TPSA) is 36.8 Å². The van der Waals surface area contributed by atoms with Gasteiger partial charge in [0.1, 0.15) is 5.82 Å². The highest BCUT2D eigenvalue weighted by Gasteiger charge is 2.23. The molecule has 2 N–H and O–H groups in total. The molecule has 0 aliphatic carbocycles. The summed E-state index contributed by atoms with van der Waals surface area (Å²) in [6.45, 7) is 8.27. The largest absolute Gasteiger partial charge is 0.360 e. The first-order valence-corrected chi connectivity index (χ1v) is 9.85. The summed E-state index contributed by atoms with van der Waals surface area (Å²) >= 11 is 0. The lowest BCUT2D eigenvalue weighted by atomic mass is 10.0. The van der Waals surface area contributed by atoms with E-state index in [9.17, 15) is 9.18 Å². The van der Waals surface area contributed by atoms with Crippen molar-refractivity contribution in [1.29, 1.82) is 0 Å².